The van der Waals surface area contributed by atoms with Gasteiger partial charge in [0.15, 0.2) is 5.75 Å². The molecule has 96 valence electrons. The predicted molar refractivity (Wildman–Crippen MR) is 76.2 cm³/mol. The average Bonchev–Trinajstić information content (AvgIpc) is 2.93. The van der Waals surface area contributed by atoms with Gasteiger partial charge in [-0.1, -0.05) is 42.5 Å². The number of fused-ring (bicyclic) bond motifs is 1. The lowest BCUT2D eigenvalue weighted by atomic mass is 10.1. The van der Waals surface area contributed by atoms with Crippen molar-refractivity contribution in [3.05, 3.63) is 60.4 Å². The molecular formula is C16H16N2O. The highest BCUT2D eigenvalue weighted by Gasteiger charge is 2.02. The molecule has 3 heteroatoms. The van der Waals surface area contributed by atoms with E-state index in [-0.39, 0.29) is 0 Å². The lowest BCUT2D eigenvalue weighted by Gasteiger charge is -2.07. The second kappa shape index (κ2) is 5.14. The third-order valence-corrected chi connectivity index (χ3v) is 3.21. The van der Waals surface area contributed by atoms with E-state index in [9.17, 15) is 0 Å². The van der Waals surface area contributed by atoms with Crippen molar-refractivity contribution in [2.24, 2.45) is 0 Å². The Labute approximate surface area is 112 Å². The van der Waals surface area contributed by atoms with E-state index >= 15 is 0 Å². The number of hydrogen-bond donors (Lipinski definition) is 0. The first kappa shape index (κ1) is 11.8. The van der Waals surface area contributed by atoms with Gasteiger partial charge >= 0.3 is 0 Å². The zero-order valence-corrected chi connectivity index (χ0v) is 10.9. The topological polar surface area (TPSA) is 27.1 Å². The Balaban J connectivity index is 1.81. The van der Waals surface area contributed by atoms with Crippen LogP contribution in [-0.4, -0.2) is 9.78 Å². The van der Waals surface area contributed by atoms with Crippen LogP contribution in [-0.2, 0) is 13.2 Å². The molecule has 1 aromatic heterocycles. The van der Waals surface area contributed by atoms with Crippen LogP contribution in [0.2, 0.25) is 0 Å². The van der Waals surface area contributed by atoms with Crippen molar-refractivity contribution in [3.8, 4) is 5.75 Å². The highest BCUT2D eigenvalue weighted by Crippen LogP contribution is 2.20. The summed E-state index contributed by atoms with van der Waals surface area (Å²) in [7, 11) is 0. The zero-order chi connectivity index (χ0) is 13.1. The van der Waals surface area contributed by atoms with Crippen molar-refractivity contribution < 1.29 is 4.74 Å². The molecule has 0 N–H and O–H groups in total. The maximum absolute atomic E-state index is 5.80. The Morgan fingerprint density at radius 2 is 1.95 bits per heavy atom. The van der Waals surface area contributed by atoms with Gasteiger partial charge in [0.2, 0.25) is 0 Å². The Kier molecular flexibility index (Phi) is 3.19. The van der Waals surface area contributed by atoms with E-state index in [1.807, 2.05) is 10.9 Å². The highest BCUT2D eigenvalue weighted by atomic mass is 16.5. The Morgan fingerprint density at radius 3 is 2.79 bits per heavy atom. The van der Waals surface area contributed by atoms with Gasteiger partial charge in [-0.3, -0.25) is 4.68 Å². The maximum atomic E-state index is 5.80. The summed E-state index contributed by atoms with van der Waals surface area (Å²) in [5.41, 5.74) is 1.20. The lowest BCUT2D eigenvalue weighted by molar-refractivity contribution is 0.307. The number of aromatic nitrogens is 2. The molecule has 0 unspecified atom stereocenters. The van der Waals surface area contributed by atoms with Crippen molar-refractivity contribution in [2.75, 3.05) is 0 Å². The molecule has 0 aliphatic rings. The maximum Gasteiger partial charge on any atom is 0.157 e. The summed E-state index contributed by atoms with van der Waals surface area (Å²) in [6, 6.07) is 14.6. The number of rotatable bonds is 4. The fraction of sp³-hybridized carbons (Fsp3) is 0.188. The van der Waals surface area contributed by atoms with Crippen LogP contribution in [0.4, 0.5) is 0 Å². The SMILES string of the molecule is CCn1cc(OCc2cccc3ccccc23)cn1. The molecule has 0 fully saturated rings. The number of aryl methyl sites for hydroxylation is 1. The normalized spacial score (nSPS) is 10.8. The summed E-state index contributed by atoms with van der Waals surface area (Å²) in [6.45, 7) is 3.48. The average molecular weight is 252 g/mol. The van der Waals surface area contributed by atoms with Crippen LogP contribution in [0.3, 0.4) is 0 Å². The monoisotopic (exact) mass is 252 g/mol. The van der Waals surface area contributed by atoms with Crippen molar-refractivity contribution in [2.45, 2.75) is 20.1 Å². The summed E-state index contributed by atoms with van der Waals surface area (Å²) in [5, 5.41) is 6.69. The molecule has 0 spiro atoms. The summed E-state index contributed by atoms with van der Waals surface area (Å²) >= 11 is 0. The summed E-state index contributed by atoms with van der Waals surface area (Å²) in [6.07, 6.45) is 3.68. The Bertz CT molecular complexity index is 683. The lowest BCUT2D eigenvalue weighted by Crippen LogP contribution is -1.96. The van der Waals surface area contributed by atoms with Crippen LogP contribution in [0, 0.1) is 0 Å². The van der Waals surface area contributed by atoms with E-state index in [0.717, 1.165) is 12.3 Å². The molecule has 19 heavy (non-hydrogen) atoms. The molecule has 1 heterocycles. The first-order valence-electron chi connectivity index (χ1n) is 6.48. The first-order chi connectivity index (χ1) is 9.36. The molecule has 0 aliphatic carbocycles. The quantitative estimate of drug-likeness (QED) is 0.709. The Morgan fingerprint density at radius 1 is 1.11 bits per heavy atom. The van der Waals surface area contributed by atoms with Gasteiger partial charge in [0.1, 0.15) is 6.61 Å². The van der Waals surface area contributed by atoms with Crippen LogP contribution in [0.15, 0.2) is 54.9 Å². The Hall–Kier alpha value is -2.29. The molecule has 3 rings (SSSR count). The first-order valence-corrected chi connectivity index (χ1v) is 6.48. The second-order valence-corrected chi connectivity index (χ2v) is 4.46. The molecule has 0 radical (unpaired) electrons. The fourth-order valence-corrected chi connectivity index (χ4v) is 2.17. The molecule has 0 bridgehead atoms. The van der Waals surface area contributed by atoms with Gasteiger partial charge in [0.05, 0.1) is 12.4 Å². The molecule has 0 saturated heterocycles. The molecule has 0 aliphatic heterocycles. The molecule has 3 aromatic rings. The third-order valence-electron chi connectivity index (χ3n) is 3.21. The van der Waals surface area contributed by atoms with Gasteiger partial charge in [-0.2, -0.15) is 5.10 Å². The van der Waals surface area contributed by atoms with Crippen molar-refractivity contribution in [1.82, 2.24) is 9.78 Å². The summed E-state index contributed by atoms with van der Waals surface area (Å²) in [4.78, 5) is 0. The minimum atomic E-state index is 0.566. The molecular weight excluding hydrogens is 236 g/mol. The zero-order valence-electron chi connectivity index (χ0n) is 10.9. The van der Waals surface area contributed by atoms with Gasteiger partial charge in [-0.25, -0.2) is 0 Å². The summed E-state index contributed by atoms with van der Waals surface area (Å²) < 4.78 is 7.66. The van der Waals surface area contributed by atoms with E-state index in [2.05, 4.69) is 54.5 Å². The minimum Gasteiger partial charge on any atom is -0.486 e. The molecule has 0 amide bonds. The molecule has 2 aromatic carbocycles. The largest absolute Gasteiger partial charge is 0.486 e. The van der Waals surface area contributed by atoms with Crippen LogP contribution in [0.5, 0.6) is 5.75 Å². The van der Waals surface area contributed by atoms with Gasteiger partial charge < -0.3 is 4.74 Å². The van der Waals surface area contributed by atoms with E-state index in [1.54, 1.807) is 6.20 Å². The molecule has 0 atom stereocenters. The van der Waals surface area contributed by atoms with Crippen LogP contribution in [0.25, 0.3) is 10.8 Å². The van der Waals surface area contributed by atoms with Crippen LogP contribution >= 0.6 is 0 Å². The minimum absolute atomic E-state index is 0.566. The van der Waals surface area contributed by atoms with E-state index in [4.69, 9.17) is 4.74 Å². The van der Waals surface area contributed by atoms with Crippen LogP contribution < -0.4 is 4.74 Å². The second-order valence-electron chi connectivity index (χ2n) is 4.46. The summed E-state index contributed by atoms with van der Waals surface area (Å²) in [5.74, 6) is 0.815. The van der Waals surface area contributed by atoms with E-state index in [0.29, 0.717) is 6.61 Å². The van der Waals surface area contributed by atoms with Gasteiger partial charge in [-0.05, 0) is 23.3 Å². The van der Waals surface area contributed by atoms with E-state index in [1.165, 1.54) is 16.3 Å². The fourth-order valence-electron chi connectivity index (χ4n) is 2.17. The number of ether oxygens (including phenoxy) is 1. The van der Waals surface area contributed by atoms with Crippen LogP contribution in [0.1, 0.15) is 12.5 Å². The van der Waals surface area contributed by atoms with Gasteiger partial charge in [0, 0.05) is 6.54 Å². The van der Waals surface area contributed by atoms with Crippen molar-refractivity contribution in [1.29, 1.82) is 0 Å². The number of benzene rings is 2. The van der Waals surface area contributed by atoms with Crippen molar-refractivity contribution in [3.63, 3.8) is 0 Å². The molecule has 3 nitrogen and oxygen atoms in total. The third kappa shape index (κ3) is 2.45. The predicted octanol–water partition coefficient (Wildman–Crippen LogP) is 3.64. The number of hydrogen-bond acceptors (Lipinski definition) is 2. The highest BCUT2D eigenvalue weighted by molar-refractivity contribution is 5.85. The van der Waals surface area contributed by atoms with Crippen molar-refractivity contribution >= 4 is 10.8 Å². The van der Waals surface area contributed by atoms with Gasteiger partial charge in [-0.15, -0.1) is 0 Å². The van der Waals surface area contributed by atoms with Gasteiger partial charge in [0.25, 0.3) is 0 Å². The molecule has 0 saturated carbocycles. The van der Waals surface area contributed by atoms with E-state index < -0.39 is 0 Å². The standard InChI is InChI=1S/C16H16N2O/c1-2-18-11-15(10-17-18)19-12-14-8-5-7-13-6-3-4-9-16(13)14/h3-11H,2,12H2,1H3. The smallest absolute Gasteiger partial charge is 0.157 e. The number of nitrogens with zero attached hydrogens (tertiary/aromatic N) is 2.